The first-order valence-electron chi connectivity index (χ1n) is 9.37. The summed E-state index contributed by atoms with van der Waals surface area (Å²) < 4.78 is 24.7. The lowest BCUT2D eigenvalue weighted by Crippen LogP contribution is -2.34. The summed E-state index contributed by atoms with van der Waals surface area (Å²) in [7, 11) is -2.08. The van der Waals surface area contributed by atoms with Gasteiger partial charge in [0.25, 0.3) is 0 Å². The molecule has 1 aromatic heterocycles. The number of aryl methyl sites for hydroxylation is 2. The van der Waals surface area contributed by atoms with Crippen molar-refractivity contribution < 1.29 is 13.2 Å². The van der Waals surface area contributed by atoms with Crippen LogP contribution in [0.5, 0.6) is 0 Å². The number of urea groups is 1. The molecule has 1 atom stereocenters. The number of carbonyl (C=O) groups excluding carboxylic acids is 1. The normalized spacial score (nSPS) is 12.4. The summed E-state index contributed by atoms with van der Waals surface area (Å²) in [5, 5.41) is 12.6. The number of para-hydroxylation sites is 2. The quantitative estimate of drug-likeness (QED) is 0.650. The second-order valence-electron chi connectivity index (χ2n) is 7.19. The van der Waals surface area contributed by atoms with E-state index in [1.54, 1.807) is 28.8 Å². The molecule has 9 heteroatoms. The number of nitrogens with zero attached hydrogens (tertiary/aromatic N) is 3. The number of primary sulfonamides is 1. The number of nitrogens with one attached hydrogen (secondary N) is 1. The van der Waals surface area contributed by atoms with Gasteiger partial charge in [0.2, 0.25) is 10.0 Å². The fraction of sp³-hybridized carbons (Fsp3) is 0.238. The average molecular weight is 428 g/mol. The van der Waals surface area contributed by atoms with E-state index >= 15 is 0 Å². The molecule has 0 aliphatic heterocycles. The third kappa shape index (κ3) is 4.52. The maximum Gasteiger partial charge on any atom is 0.322 e. The topological polar surface area (TPSA) is 110 Å². The van der Waals surface area contributed by atoms with Crippen LogP contribution in [0.1, 0.15) is 29.9 Å². The summed E-state index contributed by atoms with van der Waals surface area (Å²) in [5.41, 5.74) is 4.05. The van der Waals surface area contributed by atoms with Crippen molar-refractivity contribution in [1.29, 1.82) is 0 Å². The van der Waals surface area contributed by atoms with Crippen LogP contribution in [0.3, 0.4) is 0 Å². The Morgan fingerprint density at radius 1 is 1.13 bits per heavy atom. The summed E-state index contributed by atoms with van der Waals surface area (Å²) in [4.78, 5) is 14.5. The highest BCUT2D eigenvalue weighted by molar-refractivity contribution is 7.89. The number of hydrogen-bond donors (Lipinski definition) is 2. The van der Waals surface area contributed by atoms with Gasteiger partial charge in [0.05, 0.1) is 28.0 Å². The van der Waals surface area contributed by atoms with Crippen molar-refractivity contribution in [2.45, 2.75) is 31.7 Å². The van der Waals surface area contributed by atoms with Crippen molar-refractivity contribution in [2.75, 3.05) is 12.4 Å². The van der Waals surface area contributed by atoms with Gasteiger partial charge in [-0.2, -0.15) is 5.10 Å². The summed E-state index contributed by atoms with van der Waals surface area (Å²) in [6.45, 7) is 5.73. The highest BCUT2D eigenvalue weighted by Gasteiger charge is 2.20. The van der Waals surface area contributed by atoms with E-state index in [0.717, 1.165) is 22.6 Å². The van der Waals surface area contributed by atoms with E-state index in [1.165, 1.54) is 12.1 Å². The summed E-state index contributed by atoms with van der Waals surface area (Å²) in [6.07, 6.45) is 0. The van der Waals surface area contributed by atoms with E-state index < -0.39 is 10.0 Å². The lowest BCUT2D eigenvalue weighted by atomic mass is 10.1. The molecule has 1 heterocycles. The molecule has 0 spiro atoms. The fourth-order valence-electron chi connectivity index (χ4n) is 3.18. The maximum atomic E-state index is 12.9. The van der Waals surface area contributed by atoms with Gasteiger partial charge in [-0.05, 0) is 56.7 Å². The van der Waals surface area contributed by atoms with Crippen LogP contribution in [0.15, 0.2) is 59.5 Å². The Morgan fingerprint density at radius 2 is 1.77 bits per heavy atom. The molecule has 8 nitrogen and oxygen atoms in total. The van der Waals surface area contributed by atoms with Gasteiger partial charge in [-0.1, -0.05) is 24.3 Å². The van der Waals surface area contributed by atoms with E-state index in [0.29, 0.717) is 5.69 Å². The first-order chi connectivity index (χ1) is 14.1. The van der Waals surface area contributed by atoms with Crippen molar-refractivity contribution in [2.24, 2.45) is 5.14 Å². The minimum atomic E-state index is -3.76. The molecule has 2 amide bonds. The minimum absolute atomic E-state index is 0.0318. The van der Waals surface area contributed by atoms with Crippen LogP contribution in [-0.4, -0.2) is 36.2 Å². The highest BCUT2D eigenvalue weighted by Crippen LogP contribution is 2.24. The van der Waals surface area contributed by atoms with Gasteiger partial charge in [0.15, 0.2) is 0 Å². The molecule has 158 valence electrons. The summed E-state index contributed by atoms with van der Waals surface area (Å²) >= 11 is 0. The van der Waals surface area contributed by atoms with Crippen LogP contribution in [0, 0.1) is 13.8 Å². The van der Waals surface area contributed by atoms with Crippen LogP contribution >= 0.6 is 0 Å². The molecular weight excluding hydrogens is 402 g/mol. The third-order valence-corrected chi connectivity index (χ3v) is 5.90. The number of rotatable bonds is 5. The van der Waals surface area contributed by atoms with Crippen molar-refractivity contribution in [3.8, 4) is 5.69 Å². The molecule has 30 heavy (non-hydrogen) atoms. The van der Waals surface area contributed by atoms with Crippen LogP contribution < -0.4 is 10.5 Å². The van der Waals surface area contributed by atoms with Crippen LogP contribution in [0.2, 0.25) is 0 Å². The zero-order valence-corrected chi connectivity index (χ0v) is 18.1. The molecule has 0 saturated carbocycles. The number of anilines is 1. The second kappa shape index (κ2) is 8.29. The lowest BCUT2D eigenvalue weighted by molar-refractivity contribution is 0.208. The third-order valence-electron chi connectivity index (χ3n) is 4.98. The average Bonchev–Trinajstić information content (AvgIpc) is 3.04. The SMILES string of the molecule is Cc1cc(C)n(-c2ccccc2NC(=O)N(C)C(C)c2ccc(S(N)(=O)=O)cc2)n1. The number of amides is 2. The van der Waals surface area contributed by atoms with Crippen molar-refractivity contribution in [3.05, 3.63) is 71.5 Å². The van der Waals surface area contributed by atoms with E-state index in [-0.39, 0.29) is 17.0 Å². The smallest absolute Gasteiger partial charge is 0.321 e. The minimum Gasteiger partial charge on any atom is -0.321 e. The molecule has 3 N–H and O–H groups in total. The number of nitrogens with two attached hydrogens (primary N) is 1. The number of aromatic nitrogens is 2. The maximum absolute atomic E-state index is 12.9. The molecule has 0 saturated heterocycles. The molecule has 0 aliphatic carbocycles. The van der Waals surface area contributed by atoms with Crippen LogP contribution in [0.4, 0.5) is 10.5 Å². The summed E-state index contributed by atoms with van der Waals surface area (Å²) in [5.74, 6) is 0. The van der Waals surface area contributed by atoms with Gasteiger partial charge in [-0.15, -0.1) is 0 Å². The van der Waals surface area contributed by atoms with Crippen molar-refractivity contribution in [3.63, 3.8) is 0 Å². The molecule has 0 bridgehead atoms. The monoisotopic (exact) mass is 427 g/mol. The Morgan fingerprint density at radius 3 is 2.33 bits per heavy atom. The molecule has 3 aromatic rings. The standard InChI is InChI=1S/C21H25N5O3S/c1-14-13-15(2)26(24-14)20-8-6-5-7-19(20)23-21(27)25(4)16(3)17-9-11-18(12-10-17)30(22,28)29/h5-13,16H,1-4H3,(H,23,27)(H2,22,28,29). The zero-order chi connectivity index (χ0) is 22.1. The molecule has 1 unspecified atom stereocenters. The Balaban J connectivity index is 1.80. The predicted molar refractivity (Wildman–Crippen MR) is 116 cm³/mol. The van der Waals surface area contributed by atoms with E-state index in [4.69, 9.17) is 5.14 Å². The van der Waals surface area contributed by atoms with E-state index in [9.17, 15) is 13.2 Å². The fourth-order valence-corrected chi connectivity index (χ4v) is 3.69. The molecule has 0 fully saturated rings. The van der Waals surface area contributed by atoms with Crippen molar-refractivity contribution >= 4 is 21.7 Å². The Bertz CT molecular complexity index is 1170. The number of hydrogen-bond acceptors (Lipinski definition) is 4. The largest absolute Gasteiger partial charge is 0.322 e. The first-order valence-corrected chi connectivity index (χ1v) is 10.9. The Labute approximate surface area is 176 Å². The van der Waals surface area contributed by atoms with Gasteiger partial charge in [0.1, 0.15) is 0 Å². The Kier molecular flexibility index (Phi) is 5.95. The number of sulfonamides is 1. The molecular formula is C21H25N5O3S. The predicted octanol–water partition coefficient (Wildman–Crippen LogP) is 3.36. The summed E-state index contributed by atoms with van der Waals surface area (Å²) in [6, 6.07) is 15.0. The van der Waals surface area contributed by atoms with Crippen LogP contribution in [-0.2, 0) is 10.0 Å². The Hall–Kier alpha value is -3.17. The van der Waals surface area contributed by atoms with Crippen LogP contribution in [0.25, 0.3) is 5.69 Å². The zero-order valence-electron chi connectivity index (χ0n) is 17.3. The van der Waals surface area contributed by atoms with Crippen molar-refractivity contribution in [1.82, 2.24) is 14.7 Å². The molecule has 0 aliphatic rings. The van der Waals surface area contributed by atoms with Gasteiger partial charge in [0, 0.05) is 12.7 Å². The molecule has 2 aromatic carbocycles. The van der Waals surface area contributed by atoms with Gasteiger partial charge >= 0.3 is 6.03 Å². The molecule has 0 radical (unpaired) electrons. The lowest BCUT2D eigenvalue weighted by Gasteiger charge is -2.26. The molecule has 3 rings (SSSR count). The van der Waals surface area contributed by atoms with Gasteiger partial charge in [-0.25, -0.2) is 23.0 Å². The van der Waals surface area contributed by atoms with Gasteiger partial charge in [-0.3, -0.25) is 0 Å². The highest BCUT2D eigenvalue weighted by atomic mass is 32.2. The van der Waals surface area contributed by atoms with Gasteiger partial charge < -0.3 is 10.2 Å². The second-order valence-corrected chi connectivity index (χ2v) is 8.75. The number of benzene rings is 2. The number of carbonyl (C=O) groups is 1. The van der Waals surface area contributed by atoms with E-state index in [2.05, 4.69) is 10.4 Å². The first kappa shape index (κ1) is 21.5. The van der Waals surface area contributed by atoms with E-state index in [1.807, 2.05) is 51.1 Å².